The summed E-state index contributed by atoms with van der Waals surface area (Å²) < 4.78 is 0. The maximum atomic E-state index is 11.6. The molecule has 0 aliphatic heterocycles. The number of hydrogen-bond donors (Lipinski definition) is 3. The molecule has 0 saturated carbocycles. The molecule has 0 aliphatic carbocycles. The Labute approximate surface area is 111 Å². The number of nitrogens with two attached hydrogens (primary N) is 1. The smallest absolute Gasteiger partial charge is 0.201 e. The summed E-state index contributed by atoms with van der Waals surface area (Å²) in [7, 11) is 0. The van der Waals surface area contributed by atoms with Crippen molar-refractivity contribution in [1.82, 2.24) is 0 Å². The van der Waals surface area contributed by atoms with Gasteiger partial charge in [0, 0.05) is 12.0 Å². The number of amidine groups is 1. The fourth-order valence-corrected chi connectivity index (χ4v) is 1.37. The number of nitriles is 1. The van der Waals surface area contributed by atoms with E-state index in [9.17, 15) is 4.79 Å². The summed E-state index contributed by atoms with van der Waals surface area (Å²) >= 11 is 0. The Morgan fingerprint density at radius 3 is 2.58 bits per heavy atom. The molecular weight excluding hydrogens is 242 g/mol. The molecule has 0 unspecified atom stereocenters. The first kappa shape index (κ1) is 14.4. The van der Waals surface area contributed by atoms with Crippen molar-refractivity contribution in [3.8, 4) is 6.07 Å². The van der Waals surface area contributed by atoms with Gasteiger partial charge in [-0.15, -0.1) is 0 Å². The molecule has 4 N–H and O–H groups in total. The Balaban J connectivity index is 2.75. The summed E-state index contributed by atoms with van der Waals surface area (Å²) in [5.74, 6) is -0.302. The number of ketones is 1. The van der Waals surface area contributed by atoms with E-state index in [1.165, 1.54) is 0 Å². The summed E-state index contributed by atoms with van der Waals surface area (Å²) in [6.45, 7) is 1.95. The van der Waals surface area contributed by atoms with Gasteiger partial charge >= 0.3 is 0 Å². The molecule has 1 rings (SSSR count). The third kappa shape index (κ3) is 4.24. The monoisotopic (exact) mass is 257 g/mol. The van der Waals surface area contributed by atoms with Gasteiger partial charge in [-0.05, 0) is 30.7 Å². The molecule has 0 saturated heterocycles. The number of benzene rings is 1. The van der Waals surface area contributed by atoms with Crippen molar-refractivity contribution in [3.05, 3.63) is 29.8 Å². The van der Waals surface area contributed by atoms with Crippen LogP contribution in [0.3, 0.4) is 0 Å². The summed E-state index contributed by atoms with van der Waals surface area (Å²) in [5, 5.41) is 19.5. The van der Waals surface area contributed by atoms with Gasteiger partial charge in [-0.2, -0.15) is 10.4 Å². The second-order valence-corrected chi connectivity index (χ2v) is 3.85. The molecule has 98 valence electrons. The van der Waals surface area contributed by atoms with E-state index in [0.717, 1.165) is 6.42 Å². The summed E-state index contributed by atoms with van der Waals surface area (Å²) in [5.41, 5.74) is 8.83. The third-order valence-corrected chi connectivity index (χ3v) is 2.34. The lowest BCUT2D eigenvalue weighted by Crippen LogP contribution is -2.21. The van der Waals surface area contributed by atoms with Crippen molar-refractivity contribution in [3.63, 3.8) is 0 Å². The molecule has 1 aromatic rings. The highest BCUT2D eigenvalue weighted by Gasteiger charge is 2.04. The van der Waals surface area contributed by atoms with Crippen LogP contribution in [0.2, 0.25) is 0 Å². The highest BCUT2D eigenvalue weighted by Crippen LogP contribution is 2.11. The first-order valence-electron chi connectivity index (χ1n) is 5.80. The molecule has 6 heteroatoms. The standard InChI is InChI=1S/C13H15N5O/c1-2-3-12(19)9-4-6-10(7-5-9)17-18-11(8-14)13(15)16/h4-7,17H,2-3H2,1H3,(H3,15,16)/b18-11+. The van der Waals surface area contributed by atoms with Gasteiger partial charge < -0.3 is 5.73 Å². The van der Waals surface area contributed by atoms with E-state index in [2.05, 4.69) is 10.5 Å². The summed E-state index contributed by atoms with van der Waals surface area (Å²) in [6, 6.07) is 8.45. The lowest BCUT2D eigenvalue weighted by Gasteiger charge is -2.03. The van der Waals surface area contributed by atoms with E-state index < -0.39 is 5.84 Å². The normalized spacial score (nSPS) is 10.6. The SMILES string of the molecule is CCCC(=O)c1ccc(N/N=C(\C#N)C(=N)N)cc1. The average Bonchev–Trinajstić information content (AvgIpc) is 2.40. The second-order valence-electron chi connectivity index (χ2n) is 3.85. The Kier molecular flexibility index (Phi) is 5.23. The van der Waals surface area contributed by atoms with Gasteiger partial charge in [-0.1, -0.05) is 6.92 Å². The molecule has 0 amide bonds. The third-order valence-electron chi connectivity index (χ3n) is 2.34. The van der Waals surface area contributed by atoms with Crippen LogP contribution >= 0.6 is 0 Å². The Morgan fingerprint density at radius 2 is 2.11 bits per heavy atom. The fraction of sp³-hybridized carbons (Fsp3) is 0.231. The minimum atomic E-state index is -0.398. The quantitative estimate of drug-likeness (QED) is 0.312. The molecule has 0 fully saturated rings. The van der Waals surface area contributed by atoms with Gasteiger partial charge in [-0.3, -0.25) is 15.6 Å². The number of carbonyl (C=O) groups is 1. The van der Waals surface area contributed by atoms with Crippen molar-refractivity contribution in [2.45, 2.75) is 19.8 Å². The van der Waals surface area contributed by atoms with Gasteiger partial charge in [0.05, 0.1) is 5.69 Å². The Hall–Kier alpha value is -2.68. The van der Waals surface area contributed by atoms with Crippen LogP contribution in [0.5, 0.6) is 0 Å². The van der Waals surface area contributed by atoms with Gasteiger partial charge in [0.25, 0.3) is 0 Å². The minimum Gasteiger partial charge on any atom is -0.382 e. The molecule has 0 spiro atoms. The second kappa shape index (κ2) is 6.91. The van der Waals surface area contributed by atoms with Crippen LogP contribution in [0.1, 0.15) is 30.1 Å². The molecule has 0 radical (unpaired) electrons. The van der Waals surface area contributed by atoms with E-state index >= 15 is 0 Å². The zero-order valence-electron chi connectivity index (χ0n) is 10.6. The van der Waals surface area contributed by atoms with Crippen LogP contribution < -0.4 is 11.2 Å². The van der Waals surface area contributed by atoms with Gasteiger partial charge in [0.15, 0.2) is 11.6 Å². The van der Waals surface area contributed by atoms with Crippen LogP contribution in [0.15, 0.2) is 29.4 Å². The van der Waals surface area contributed by atoms with E-state index in [4.69, 9.17) is 16.4 Å². The number of anilines is 1. The Morgan fingerprint density at radius 1 is 1.47 bits per heavy atom. The van der Waals surface area contributed by atoms with Crippen molar-refractivity contribution in [2.75, 3.05) is 5.43 Å². The van der Waals surface area contributed by atoms with Crippen LogP contribution in [-0.4, -0.2) is 17.3 Å². The van der Waals surface area contributed by atoms with Crippen LogP contribution in [-0.2, 0) is 0 Å². The average molecular weight is 257 g/mol. The molecule has 19 heavy (non-hydrogen) atoms. The molecule has 0 heterocycles. The predicted octanol–water partition coefficient (Wildman–Crippen LogP) is 1.90. The Bertz CT molecular complexity index is 539. The van der Waals surface area contributed by atoms with E-state index in [1.54, 1.807) is 30.3 Å². The fourth-order valence-electron chi connectivity index (χ4n) is 1.37. The highest BCUT2D eigenvalue weighted by molar-refractivity contribution is 6.45. The topological polar surface area (TPSA) is 115 Å². The van der Waals surface area contributed by atoms with E-state index in [0.29, 0.717) is 17.7 Å². The maximum absolute atomic E-state index is 11.6. The lowest BCUT2D eigenvalue weighted by molar-refractivity contribution is 0.0982. The molecule has 1 aromatic carbocycles. The number of nitrogens with one attached hydrogen (secondary N) is 2. The zero-order chi connectivity index (χ0) is 14.3. The highest BCUT2D eigenvalue weighted by atomic mass is 16.1. The lowest BCUT2D eigenvalue weighted by atomic mass is 10.1. The summed E-state index contributed by atoms with van der Waals surface area (Å²) in [4.78, 5) is 11.6. The molecule has 6 nitrogen and oxygen atoms in total. The molecular formula is C13H15N5O. The van der Waals surface area contributed by atoms with Crippen LogP contribution in [0.25, 0.3) is 0 Å². The first-order chi connectivity index (χ1) is 9.08. The number of hydrazone groups is 1. The van der Waals surface area contributed by atoms with Gasteiger partial charge in [0.2, 0.25) is 5.71 Å². The van der Waals surface area contributed by atoms with Crippen molar-refractivity contribution < 1.29 is 4.79 Å². The zero-order valence-corrected chi connectivity index (χ0v) is 10.6. The molecule has 0 atom stereocenters. The first-order valence-corrected chi connectivity index (χ1v) is 5.80. The maximum Gasteiger partial charge on any atom is 0.201 e. The number of Topliss-reactive ketones (excluding diaryl/α,β-unsaturated/α-hetero) is 1. The minimum absolute atomic E-state index is 0.0963. The van der Waals surface area contributed by atoms with E-state index in [1.807, 2.05) is 6.92 Å². The number of nitrogens with zero attached hydrogens (tertiary/aromatic N) is 2. The number of rotatable bonds is 6. The molecule has 0 aliphatic rings. The van der Waals surface area contributed by atoms with Crippen LogP contribution in [0.4, 0.5) is 5.69 Å². The van der Waals surface area contributed by atoms with Gasteiger partial charge in [0.1, 0.15) is 6.07 Å². The number of carbonyl (C=O) groups excluding carboxylic acids is 1. The van der Waals surface area contributed by atoms with Crippen LogP contribution in [0, 0.1) is 16.7 Å². The van der Waals surface area contributed by atoms with E-state index in [-0.39, 0.29) is 11.5 Å². The molecule has 0 bridgehead atoms. The predicted molar refractivity (Wildman–Crippen MR) is 74.3 cm³/mol. The largest absolute Gasteiger partial charge is 0.382 e. The van der Waals surface area contributed by atoms with Crippen molar-refractivity contribution >= 4 is 23.0 Å². The van der Waals surface area contributed by atoms with Crippen molar-refractivity contribution in [1.29, 1.82) is 10.7 Å². The molecule has 0 aromatic heterocycles. The van der Waals surface area contributed by atoms with Crippen molar-refractivity contribution in [2.24, 2.45) is 10.8 Å². The van der Waals surface area contributed by atoms with Gasteiger partial charge in [-0.25, -0.2) is 0 Å². The summed E-state index contributed by atoms with van der Waals surface area (Å²) in [6.07, 6.45) is 1.33. The number of hydrogen-bond acceptors (Lipinski definition) is 5.